The Morgan fingerprint density at radius 2 is 0.705 bits per heavy atom. The molecule has 6 aliphatic heterocycles. The molecule has 4 saturated carbocycles. The number of ketones is 2. The van der Waals surface area contributed by atoms with Gasteiger partial charge in [-0.15, -0.1) is 13.2 Å². The van der Waals surface area contributed by atoms with Gasteiger partial charge in [0.1, 0.15) is 0 Å². The van der Waals surface area contributed by atoms with Gasteiger partial charge in [-0.2, -0.15) is 0 Å². The van der Waals surface area contributed by atoms with Gasteiger partial charge in [-0.3, -0.25) is 9.59 Å². The summed E-state index contributed by atoms with van der Waals surface area (Å²) in [4.78, 5) is 22.6. The van der Waals surface area contributed by atoms with E-state index in [1.165, 1.54) is 64.4 Å². The molecule has 5 aliphatic carbocycles. The highest BCUT2D eigenvalue weighted by Crippen LogP contribution is 2.60. The zero-order chi connectivity index (χ0) is 54.8. The summed E-state index contributed by atoms with van der Waals surface area (Å²) in [6, 6.07) is 7.57. The molecule has 16 heteroatoms. The van der Waals surface area contributed by atoms with Crippen LogP contribution >= 0.6 is 0 Å². The SMILES string of the molecule is C=CCC1=C(O)C(=O)C(C)=C(O)C1=O.C=CCc1c2c(c(C)c3c1OC1(CCCCC1)O3)OC1(CCCCC1)O2.CC1(C)Oc2cc3c(cc2O1)OC(C)(C)O3.c1c2c(cc3c1OC1(CCCCC1)O3)OC1(CCCCC1)O2. The molecule has 78 heavy (non-hydrogen) atoms. The van der Waals surface area contributed by atoms with Crippen LogP contribution in [0.2, 0.25) is 0 Å². The van der Waals surface area contributed by atoms with Crippen molar-refractivity contribution in [3.05, 3.63) is 83.4 Å². The van der Waals surface area contributed by atoms with Gasteiger partial charge in [0, 0.05) is 120 Å². The molecule has 14 rings (SSSR count). The lowest BCUT2D eigenvalue weighted by Crippen LogP contribution is -2.41. The Labute approximate surface area is 456 Å². The van der Waals surface area contributed by atoms with Crippen molar-refractivity contribution < 1.29 is 76.6 Å². The van der Waals surface area contributed by atoms with Crippen molar-refractivity contribution in [2.45, 2.75) is 218 Å². The number of carbonyl (C=O) groups excluding carboxylic acids is 2. The second-order valence-electron chi connectivity index (χ2n) is 23.3. The third kappa shape index (κ3) is 10.0. The van der Waals surface area contributed by atoms with Crippen LogP contribution in [0.4, 0.5) is 0 Å². The van der Waals surface area contributed by atoms with E-state index in [9.17, 15) is 19.8 Å². The molecule has 0 saturated heterocycles. The molecule has 3 aromatic rings. The van der Waals surface area contributed by atoms with Crippen molar-refractivity contribution in [2.75, 3.05) is 0 Å². The summed E-state index contributed by atoms with van der Waals surface area (Å²) in [7, 11) is 0. The molecule has 4 spiro atoms. The summed E-state index contributed by atoms with van der Waals surface area (Å²) in [5.74, 6) is 3.83. The molecular formula is C62H74O16. The van der Waals surface area contributed by atoms with Crippen LogP contribution in [0.25, 0.3) is 0 Å². The molecule has 0 bridgehead atoms. The largest absolute Gasteiger partial charge is 0.504 e. The maximum Gasteiger partial charge on any atom is 0.251 e. The second kappa shape index (κ2) is 20.1. The van der Waals surface area contributed by atoms with E-state index in [0.29, 0.717) is 29.4 Å². The van der Waals surface area contributed by atoms with Crippen LogP contribution < -0.4 is 56.8 Å². The molecule has 0 unspecified atom stereocenters. The lowest BCUT2D eigenvalue weighted by atomic mass is 9.92. The summed E-state index contributed by atoms with van der Waals surface area (Å²) >= 11 is 0. The van der Waals surface area contributed by atoms with Crippen molar-refractivity contribution in [2.24, 2.45) is 0 Å². The number of hydrogen-bond donors (Lipinski definition) is 2. The normalized spacial score (nSPS) is 23.3. The number of benzene rings is 3. The maximum atomic E-state index is 11.4. The van der Waals surface area contributed by atoms with Crippen molar-refractivity contribution in [3.8, 4) is 69.0 Å². The number of aliphatic hydroxyl groups is 2. The Morgan fingerprint density at radius 1 is 0.410 bits per heavy atom. The fourth-order valence-electron chi connectivity index (χ4n) is 12.4. The minimum atomic E-state index is -0.709. The number of allylic oxidation sites excluding steroid dienone is 4. The first-order chi connectivity index (χ1) is 37.3. The summed E-state index contributed by atoms with van der Waals surface area (Å²) in [5.41, 5.74) is 1.83. The molecule has 0 aromatic heterocycles. The molecule has 418 valence electrons. The first-order valence-corrected chi connectivity index (χ1v) is 28.2. The summed E-state index contributed by atoms with van der Waals surface area (Å²) in [5, 5.41) is 18.6. The number of Topliss-reactive ketones (excluding diaryl/α,β-unsaturated/α-hetero) is 2. The monoisotopic (exact) mass is 1070 g/mol. The quantitative estimate of drug-likeness (QED) is 0.185. The number of aliphatic hydroxyl groups excluding tert-OH is 2. The summed E-state index contributed by atoms with van der Waals surface area (Å²) in [6.07, 6.45) is 26.1. The van der Waals surface area contributed by atoms with Crippen LogP contribution in [-0.4, -0.2) is 56.5 Å². The van der Waals surface area contributed by atoms with Gasteiger partial charge in [0.2, 0.25) is 23.1 Å². The first-order valence-electron chi connectivity index (χ1n) is 28.2. The molecule has 0 atom stereocenters. The first kappa shape index (κ1) is 53.2. The van der Waals surface area contributed by atoms with Crippen LogP contribution in [-0.2, 0) is 16.0 Å². The number of ether oxygens (including phenoxy) is 12. The molecule has 16 nitrogen and oxygen atoms in total. The van der Waals surface area contributed by atoms with Gasteiger partial charge < -0.3 is 67.1 Å². The van der Waals surface area contributed by atoms with E-state index in [1.807, 2.05) is 58.0 Å². The van der Waals surface area contributed by atoms with Gasteiger partial charge in [-0.1, -0.05) is 37.8 Å². The zero-order valence-electron chi connectivity index (χ0n) is 46.0. The Kier molecular flexibility index (Phi) is 13.7. The van der Waals surface area contributed by atoms with Gasteiger partial charge in [-0.05, 0) is 78.1 Å². The van der Waals surface area contributed by atoms with Crippen LogP contribution in [0.3, 0.4) is 0 Å². The molecular weight excluding hydrogens is 1000 g/mol. The molecule has 0 amide bonds. The van der Waals surface area contributed by atoms with Crippen molar-refractivity contribution in [3.63, 3.8) is 0 Å². The highest BCUT2D eigenvalue weighted by atomic mass is 16.8. The van der Waals surface area contributed by atoms with E-state index in [2.05, 4.69) is 20.1 Å². The molecule has 0 radical (unpaired) electrons. The Balaban J connectivity index is 0.000000114. The molecule has 4 fully saturated rings. The van der Waals surface area contributed by atoms with E-state index in [1.54, 1.807) is 0 Å². The number of hydrogen-bond acceptors (Lipinski definition) is 16. The van der Waals surface area contributed by atoms with Gasteiger partial charge in [0.15, 0.2) is 80.5 Å². The lowest BCUT2D eigenvalue weighted by Gasteiger charge is -2.32. The average Bonchev–Trinajstić information content (AvgIpc) is 4.34. The standard InChI is InChI=1S/C22H28O4.C18H22O4.C12H14O4.C10H10O4/c1-3-10-16-19-17(23-21(25-19)11-6-4-7-12-21)15(2)18-20(16)26-22(24-18)13-8-5-9-14-22;1-3-7-17(8-4-1)19-13-11-15-16(12-14(13)20-17)22-18(21-15)9-5-2-6-10-18;1-11(2)13-7-5-9-10(6-8(7)14-11)16-12(3,4)15-9;1-3-4-6-9(13)7(11)5(2)8(12)10(6)14/h3H,1,4-14H2,2H3;11-12H,1-10H2;5-6H,1-4H3;3,11,14H,1,4H2,2H3. The van der Waals surface area contributed by atoms with Crippen LogP contribution in [0, 0.1) is 6.92 Å². The van der Waals surface area contributed by atoms with Crippen molar-refractivity contribution in [1.82, 2.24) is 0 Å². The van der Waals surface area contributed by atoms with E-state index in [0.717, 1.165) is 134 Å². The van der Waals surface area contributed by atoms with Crippen LogP contribution in [0.15, 0.2) is 72.2 Å². The van der Waals surface area contributed by atoms with Gasteiger partial charge in [0.25, 0.3) is 23.1 Å². The van der Waals surface area contributed by atoms with Crippen molar-refractivity contribution in [1.29, 1.82) is 0 Å². The molecule has 6 heterocycles. The number of fused-ring (bicyclic) bond motifs is 6. The fraction of sp³-hybridized carbons (Fsp3) is 0.548. The smallest absolute Gasteiger partial charge is 0.251 e. The minimum Gasteiger partial charge on any atom is -0.504 e. The Bertz CT molecular complexity index is 2750. The highest BCUT2D eigenvalue weighted by Gasteiger charge is 2.52. The maximum absolute atomic E-state index is 11.4. The Morgan fingerprint density at radius 3 is 1.03 bits per heavy atom. The van der Waals surface area contributed by atoms with Gasteiger partial charge in [0.05, 0.1) is 5.57 Å². The molecule has 3 aromatic carbocycles. The third-order valence-electron chi connectivity index (χ3n) is 16.3. The number of rotatable bonds is 4. The van der Waals surface area contributed by atoms with Crippen LogP contribution in [0.5, 0.6) is 69.0 Å². The predicted octanol–water partition coefficient (Wildman–Crippen LogP) is 14.2. The second-order valence-corrected chi connectivity index (χ2v) is 23.3. The van der Waals surface area contributed by atoms with Gasteiger partial charge >= 0.3 is 0 Å². The van der Waals surface area contributed by atoms with Crippen LogP contribution in [0.1, 0.15) is 181 Å². The highest BCUT2D eigenvalue weighted by molar-refractivity contribution is 6.23. The van der Waals surface area contributed by atoms with Gasteiger partial charge in [-0.25, -0.2) is 0 Å². The lowest BCUT2D eigenvalue weighted by molar-refractivity contribution is -0.120. The molecule has 2 N–H and O–H groups in total. The molecule has 11 aliphatic rings. The predicted molar refractivity (Wildman–Crippen MR) is 287 cm³/mol. The summed E-state index contributed by atoms with van der Waals surface area (Å²) < 4.78 is 73.1. The van der Waals surface area contributed by atoms with E-state index in [-0.39, 0.29) is 17.6 Å². The average molecular weight is 1080 g/mol. The van der Waals surface area contributed by atoms with E-state index >= 15 is 0 Å². The third-order valence-corrected chi connectivity index (χ3v) is 16.3. The fourth-order valence-corrected chi connectivity index (χ4v) is 12.4. The number of carbonyl (C=O) groups is 2. The zero-order valence-corrected chi connectivity index (χ0v) is 46.0. The topological polar surface area (TPSA) is 185 Å². The summed E-state index contributed by atoms with van der Waals surface area (Å²) in [6.45, 7) is 18.2. The Hall–Kier alpha value is -6.84. The minimum absolute atomic E-state index is 0.0632. The van der Waals surface area contributed by atoms with E-state index < -0.39 is 57.8 Å². The van der Waals surface area contributed by atoms with Crippen molar-refractivity contribution >= 4 is 11.6 Å². The van der Waals surface area contributed by atoms with E-state index in [4.69, 9.17) is 56.8 Å².